The van der Waals surface area contributed by atoms with Crippen LogP contribution in [0.5, 0.6) is 5.75 Å². The molecule has 8 nitrogen and oxygen atoms in total. The van der Waals surface area contributed by atoms with E-state index in [1.165, 1.54) is 24.1 Å². The fourth-order valence-corrected chi connectivity index (χ4v) is 5.80. The molecule has 3 aromatic carbocycles. The zero-order chi connectivity index (χ0) is 30.2. The quantitative estimate of drug-likeness (QED) is 0.243. The highest BCUT2D eigenvalue weighted by atomic mass is 35.5. The second kappa shape index (κ2) is 14.6. The minimum Gasteiger partial charge on any atom is -0.497 e. The number of hydrogen-bond acceptors (Lipinski definition) is 5. The maximum atomic E-state index is 14.0. The van der Waals surface area contributed by atoms with Gasteiger partial charge in [-0.05, 0) is 74.4 Å². The van der Waals surface area contributed by atoms with Gasteiger partial charge in [-0.1, -0.05) is 60.3 Å². The summed E-state index contributed by atoms with van der Waals surface area (Å²) in [6, 6.07) is 16.8. The summed E-state index contributed by atoms with van der Waals surface area (Å²) in [4.78, 5) is 28.4. The van der Waals surface area contributed by atoms with Crippen molar-refractivity contribution in [3.05, 3.63) is 87.9 Å². The zero-order valence-corrected chi connectivity index (χ0v) is 25.9. The Bertz CT molecular complexity index is 1450. The molecule has 3 aromatic rings. The fourth-order valence-electron chi connectivity index (χ4n) is 4.07. The normalized spacial score (nSPS) is 12.0. The number of sulfonamides is 1. The van der Waals surface area contributed by atoms with E-state index in [4.69, 9.17) is 27.9 Å². The van der Waals surface area contributed by atoms with Gasteiger partial charge in [-0.25, -0.2) is 8.42 Å². The molecule has 0 aliphatic rings. The Morgan fingerprint density at radius 1 is 0.976 bits per heavy atom. The van der Waals surface area contributed by atoms with Crippen molar-refractivity contribution < 1.29 is 22.7 Å². The lowest BCUT2D eigenvalue weighted by atomic mass is 10.1. The van der Waals surface area contributed by atoms with Gasteiger partial charge in [-0.15, -0.1) is 0 Å². The van der Waals surface area contributed by atoms with Crippen molar-refractivity contribution in [2.45, 2.75) is 51.1 Å². The summed E-state index contributed by atoms with van der Waals surface area (Å²) in [5.74, 6) is -0.406. The maximum absolute atomic E-state index is 14.0. The average Bonchev–Trinajstić information content (AvgIpc) is 2.96. The molecule has 0 aromatic heterocycles. The number of hydrogen-bond donors (Lipinski definition) is 1. The van der Waals surface area contributed by atoms with Crippen LogP contribution in [0, 0.1) is 6.92 Å². The summed E-state index contributed by atoms with van der Waals surface area (Å²) < 4.78 is 34.0. The molecule has 3 rings (SSSR count). The Morgan fingerprint density at radius 2 is 1.63 bits per heavy atom. The number of rotatable bonds is 13. The molecule has 1 atom stereocenters. The third-order valence-electron chi connectivity index (χ3n) is 6.58. The number of nitrogens with one attached hydrogen (secondary N) is 1. The number of carbonyl (C=O) groups excluding carboxylic acids is 2. The molecule has 0 bridgehead atoms. The van der Waals surface area contributed by atoms with Gasteiger partial charge in [0.25, 0.3) is 10.0 Å². The molecule has 0 saturated heterocycles. The number of aryl methyl sites for hydroxylation is 1. The molecule has 0 aliphatic heterocycles. The Morgan fingerprint density at radius 3 is 2.22 bits per heavy atom. The summed E-state index contributed by atoms with van der Waals surface area (Å²) in [5, 5.41) is 3.52. The molecule has 0 saturated carbocycles. The van der Waals surface area contributed by atoms with Crippen LogP contribution >= 0.6 is 23.2 Å². The van der Waals surface area contributed by atoms with Crippen molar-refractivity contribution in [2.75, 3.05) is 24.5 Å². The minimum absolute atomic E-state index is 0.00642. The minimum atomic E-state index is -4.18. The number of halogens is 2. The van der Waals surface area contributed by atoms with E-state index < -0.39 is 28.5 Å². The summed E-state index contributed by atoms with van der Waals surface area (Å²) >= 11 is 12.3. The van der Waals surface area contributed by atoms with E-state index in [2.05, 4.69) is 5.32 Å². The van der Waals surface area contributed by atoms with Crippen LogP contribution in [-0.2, 0) is 26.2 Å². The first-order valence-corrected chi connectivity index (χ1v) is 15.4. The van der Waals surface area contributed by atoms with Crippen molar-refractivity contribution in [2.24, 2.45) is 0 Å². The van der Waals surface area contributed by atoms with Crippen LogP contribution in [0.1, 0.15) is 37.8 Å². The molecule has 11 heteroatoms. The molecule has 2 amide bonds. The van der Waals surface area contributed by atoms with Crippen molar-refractivity contribution in [3.8, 4) is 5.75 Å². The number of ether oxygens (including phenoxy) is 1. The number of methoxy groups -OCH3 is 1. The molecule has 0 aliphatic carbocycles. The second-order valence-electron chi connectivity index (χ2n) is 9.61. The molecule has 0 radical (unpaired) electrons. The number of amides is 2. The number of carbonyl (C=O) groups is 2. The van der Waals surface area contributed by atoms with Crippen LogP contribution < -0.4 is 14.4 Å². The van der Waals surface area contributed by atoms with Crippen LogP contribution in [0.15, 0.2) is 71.6 Å². The molecule has 0 unspecified atom stereocenters. The topological polar surface area (TPSA) is 96.0 Å². The van der Waals surface area contributed by atoms with Crippen molar-refractivity contribution in [3.63, 3.8) is 0 Å². The number of benzene rings is 3. The monoisotopic (exact) mass is 619 g/mol. The van der Waals surface area contributed by atoms with E-state index in [-0.39, 0.29) is 17.3 Å². The van der Waals surface area contributed by atoms with Crippen LogP contribution in [0.2, 0.25) is 10.0 Å². The van der Waals surface area contributed by atoms with Gasteiger partial charge in [0, 0.05) is 13.1 Å². The SMILES string of the molecule is CCCCNC(=O)[C@H](C)N(Cc1ccc(Cl)c(Cl)c1)C(=O)CN(c1ccc(C)cc1)S(=O)(=O)c1ccc(OC)cc1. The largest absolute Gasteiger partial charge is 0.497 e. The number of nitrogens with zero attached hydrogens (tertiary/aromatic N) is 2. The Hall–Kier alpha value is -3.27. The maximum Gasteiger partial charge on any atom is 0.264 e. The lowest BCUT2D eigenvalue weighted by molar-refractivity contribution is -0.139. The first kappa shape index (κ1) is 32.2. The van der Waals surface area contributed by atoms with E-state index in [0.717, 1.165) is 22.7 Å². The fraction of sp³-hybridized carbons (Fsp3) is 0.333. The van der Waals surface area contributed by atoms with E-state index in [9.17, 15) is 18.0 Å². The highest BCUT2D eigenvalue weighted by Crippen LogP contribution is 2.27. The van der Waals surface area contributed by atoms with E-state index >= 15 is 0 Å². The predicted molar refractivity (Wildman–Crippen MR) is 163 cm³/mol. The molecule has 0 spiro atoms. The lowest BCUT2D eigenvalue weighted by Gasteiger charge is -2.32. The Balaban J connectivity index is 2.01. The molecular formula is C30H35Cl2N3O5S. The van der Waals surface area contributed by atoms with Gasteiger partial charge in [-0.3, -0.25) is 13.9 Å². The molecule has 220 valence electrons. The van der Waals surface area contributed by atoms with Crippen LogP contribution in [-0.4, -0.2) is 51.4 Å². The van der Waals surface area contributed by atoms with E-state index in [0.29, 0.717) is 33.6 Å². The summed E-state index contributed by atoms with van der Waals surface area (Å²) in [6.07, 6.45) is 1.69. The standard InChI is InChI=1S/C30H35Cl2N3O5S/c1-5-6-17-33-30(37)22(3)34(19-23-9-16-27(31)28(32)18-23)29(36)20-35(24-10-7-21(2)8-11-24)41(38,39)26-14-12-25(40-4)13-15-26/h7-16,18,22H,5-6,17,19-20H2,1-4H3,(H,33,37)/t22-/m0/s1. The second-order valence-corrected chi connectivity index (χ2v) is 12.3. The van der Waals surface area contributed by atoms with Gasteiger partial charge in [0.1, 0.15) is 18.3 Å². The molecule has 41 heavy (non-hydrogen) atoms. The van der Waals surface area contributed by atoms with Gasteiger partial charge in [0.05, 0.1) is 27.7 Å². The van der Waals surface area contributed by atoms with Crippen molar-refractivity contribution in [1.82, 2.24) is 10.2 Å². The van der Waals surface area contributed by atoms with Crippen LogP contribution in [0.25, 0.3) is 0 Å². The third kappa shape index (κ3) is 8.38. The van der Waals surface area contributed by atoms with Gasteiger partial charge in [0.2, 0.25) is 11.8 Å². The van der Waals surface area contributed by atoms with Gasteiger partial charge < -0.3 is 15.0 Å². The number of unbranched alkanes of at least 4 members (excludes halogenated alkanes) is 1. The van der Waals surface area contributed by atoms with Gasteiger partial charge >= 0.3 is 0 Å². The van der Waals surface area contributed by atoms with Crippen molar-refractivity contribution >= 4 is 50.7 Å². The third-order valence-corrected chi connectivity index (χ3v) is 9.11. The Kier molecular flexibility index (Phi) is 11.5. The summed E-state index contributed by atoms with van der Waals surface area (Å²) in [7, 11) is -2.69. The smallest absolute Gasteiger partial charge is 0.264 e. The molecule has 1 N–H and O–H groups in total. The van der Waals surface area contributed by atoms with Gasteiger partial charge in [-0.2, -0.15) is 0 Å². The highest BCUT2D eigenvalue weighted by molar-refractivity contribution is 7.92. The first-order chi connectivity index (χ1) is 19.5. The van der Waals surface area contributed by atoms with E-state index in [1.54, 1.807) is 61.5 Å². The molecule has 0 heterocycles. The molecular weight excluding hydrogens is 585 g/mol. The van der Waals surface area contributed by atoms with Crippen LogP contribution in [0.4, 0.5) is 5.69 Å². The van der Waals surface area contributed by atoms with Crippen molar-refractivity contribution in [1.29, 1.82) is 0 Å². The zero-order valence-electron chi connectivity index (χ0n) is 23.6. The first-order valence-electron chi connectivity index (χ1n) is 13.2. The Labute approximate surface area is 252 Å². The van der Waals surface area contributed by atoms with E-state index in [1.807, 2.05) is 13.8 Å². The summed E-state index contributed by atoms with van der Waals surface area (Å²) in [5.41, 5.74) is 1.88. The van der Waals surface area contributed by atoms with Crippen LogP contribution in [0.3, 0.4) is 0 Å². The van der Waals surface area contributed by atoms with Gasteiger partial charge in [0.15, 0.2) is 0 Å². The lowest BCUT2D eigenvalue weighted by Crippen LogP contribution is -2.51. The molecule has 0 fully saturated rings. The predicted octanol–water partition coefficient (Wildman–Crippen LogP) is 5.84. The average molecular weight is 621 g/mol. The number of anilines is 1. The highest BCUT2D eigenvalue weighted by Gasteiger charge is 2.32. The summed E-state index contributed by atoms with van der Waals surface area (Å²) in [6.45, 7) is 5.46.